The van der Waals surface area contributed by atoms with Crippen molar-refractivity contribution >= 4 is 5.78 Å². The van der Waals surface area contributed by atoms with E-state index in [4.69, 9.17) is 4.74 Å². The van der Waals surface area contributed by atoms with Crippen molar-refractivity contribution in [3.05, 3.63) is 48.0 Å². The molecule has 3 fully saturated rings. The Bertz CT molecular complexity index is 750. The SMILES string of the molecule is C=C1[C@H]2[C@@H](CO)C[C@](C(=O)CCc3ccccc3)([C@@H]2OC)[C@]1(C)C1CCCCC1. The van der Waals surface area contributed by atoms with E-state index < -0.39 is 5.41 Å². The van der Waals surface area contributed by atoms with E-state index in [2.05, 4.69) is 25.6 Å². The highest BCUT2D eigenvalue weighted by Gasteiger charge is 2.74. The number of aliphatic hydroxyl groups is 1. The molecule has 158 valence electrons. The molecule has 1 aromatic rings. The lowest BCUT2D eigenvalue weighted by atomic mass is 9.50. The molecule has 0 heterocycles. The summed E-state index contributed by atoms with van der Waals surface area (Å²) in [7, 11) is 1.75. The average molecular weight is 397 g/mol. The van der Waals surface area contributed by atoms with Crippen molar-refractivity contribution in [2.75, 3.05) is 13.7 Å². The normalized spacial score (nSPS) is 37.2. The first kappa shape index (κ1) is 20.8. The molecule has 0 spiro atoms. The summed E-state index contributed by atoms with van der Waals surface area (Å²) < 4.78 is 6.07. The Morgan fingerprint density at radius 2 is 1.90 bits per heavy atom. The third-order valence-corrected chi connectivity index (χ3v) is 8.79. The molecule has 0 unspecified atom stereocenters. The molecule has 3 heteroatoms. The van der Waals surface area contributed by atoms with E-state index in [0.717, 1.165) is 12.8 Å². The zero-order valence-corrected chi connectivity index (χ0v) is 18.0. The number of aryl methyl sites for hydroxylation is 1. The van der Waals surface area contributed by atoms with Gasteiger partial charge in [-0.05, 0) is 43.1 Å². The monoisotopic (exact) mass is 396 g/mol. The largest absolute Gasteiger partial charge is 0.396 e. The van der Waals surface area contributed by atoms with Gasteiger partial charge in [-0.2, -0.15) is 0 Å². The number of methoxy groups -OCH3 is 1. The van der Waals surface area contributed by atoms with Crippen molar-refractivity contribution in [1.29, 1.82) is 0 Å². The maximum absolute atomic E-state index is 14.0. The number of fused-ring (bicyclic) bond motifs is 2. The van der Waals surface area contributed by atoms with Gasteiger partial charge in [-0.15, -0.1) is 0 Å². The minimum absolute atomic E-state index is 0.0878. The van der Waals surface area contributed by atoms with Crippen LogP contribution in [0.4, 0.5) is 0 Å². The van der Waals surface area contributed by atoms with Gasteiger partial charge in [0.15, 0.2) is 0 Å². The summed E-state index contributed by atoms with van der Waals surface area (Å²) >= 11 is 0. The Balaban J connectivity index is 1.71. The molecule has 0 aliphatic heterocycles. The fraction of sp³-hybridized carbons (Fsp3) is 0.654. The zero-order valence-electron chi connectivity index (χ0n) is 18.0. The number of ketones is 1. The number of rotatable bonds is 7. The third-order valence-electron chi connectivity index (χ3n) is 8.79. The quantitative estimate of drug-likeness (QED) is 0.662. The van der Waals surface area contributed by atoms with Crippen LogP contribution in [0, 0.1) is 28.6 Å². The number of Topliss-reactive ketones (excluding diaryl/α,β-unsaturated/α-hetero) is 1. The fourth-order valence-electron chi connectivity index (χ4n) is 7.34. The van der Waals surface area contributed by atoms with Crippen LogP contribution in [0.25, 0.3) is 0 Å². The molecule has 0 radical (unpaired) electrons. The van der Waals surface area contributed by atoms with Gasteiger partial charge in [0, 0.05) is 31.5 Å². The number of aliphatic hydroxyl groups excluding tert-OH is 1. The van der Waals surface area contributed by atoms with Crippen LogP contribution in [0.15, 0.2) is 42.5 Å². The first-order valence-corrected chi connectivity index (χ1v) is 11.4. The molecule has 29 heavy (non-hydrogen) atoms. The average Bonchev–Trinajstić information content (AvgIpc) is 3.21. The maximum atomic E-state index is 14.0. The molecule has 3 saturated carbocycles. The van der Waals surface area contributed by atoms with Gasteiger partial charge >= 0.3 is 0 Å². The van der Waals surface area contributed by atoms with Gasteiger partial charge in [0.25, 0.3) is 0 Å². The van der Waals surface area contributed by atoms with E-state index in [9.17, 15) is 9.90 Å². The van der Waals surface area contributed by atoms with Gasteiger partial charge in [0.2, 0.25) is 0 Å². The van der Waals surface area contributed by atoms with Crippen molar-refractivity contribution in [3.63, 3.8) is 0 Å². The van der Waals surface area contributed by atoms with Crippen LogP contribution >= 0.6 is 0 Å². The lowest BCUT2D eigenvalue weighted by molar-refractivity contribution is -0.146. The molecule has 5 atom stereocenters. The minimum Gasteiger partial charge on any atom is -0.396 e. The van der Waals surface area contributed by atoms with Crippen molar-refractivity contribution in [3.8, 4) is 0 Å². The number of ether oxygens (including phenoxy) is 1. The molecule has 0 aromatic heterocycles. The molecule has 3 aliphatic rings. The van der Waals surface area contributed by atoms with Crippen LogP contribution in [0.3, 0.4) is 0 Å². The van der Waals surface area contributed by atoms with Crippen molar-refractivity contribution in [1.82, 2.24) is 0 Å². The second-order valence-electron chi connectivity index (χ2n) is 9.77. The topological polar surface area (TPSA) is 46.5 Å². The molecule has 0 saturated heterocycles. The Kier molecular flexibility index (Phi) is 5.74. The van der Waals surface area contributed by atoms with Gasteiger partial charge in [0.1, 0.15) is 5.78 Å². The first-order valence-electron chi connectivity index (χ1n) is 11.4. The highest BCUT2D eigenvalue weighted by Crippen LogP contribution is 2.73. The van der Waals surface area contributed by atoms with Crippen LogP contribution in [-0.4, -0.2) is 30.7 Å². The lowest BCUT2D eigenvalue weighted by Gasteiger charge is -2.52. The molecule has 1 N–H and O–H groups in total. The summed E-state index contributed by atoms with van der Waals surface area (Å²) in [6.07, 6.45) is 8.02. The van der Waals surface area contributed by atoms with Gasteiger partial charge < -0.3 is 9.84 Å². The maximum Gasteiger partial charge on any atom is 0.142 e. The van der Waals surface area contributed by atoms with E-state index in [0.29, 0.717) is 18.1 Å². The van der Waals surface area contributed by atoms with Gasteiger partial charge in [-0.1, -0.05) is 68.7 Å². The van der Waals surface area contributed by atoms with Crippen LogP contribution < -0.4 is 0 Å². The number of carbonyl (C=O) groups is 1. The van der Waals surface area contributed by atoms with E-state index in [1.54, 1.807) is 7.11 Å². The summed E-state index contributed by atoms with van der Waals surface area (Å²) in [5, 5.41) is 10.1. The van der Waals surface area contributed by atoms with Crippen molar-refractivity contribution < 1.29 is 14.6 Å². The Labute approximate surface area is 175 Å². The van der Waals surface area contributed by atoms with Gasteiger partial charge in [-0.25, -0.2) is 0 Å². The highest BCUT2D eigenvalue weighted by atomic mass is 16.5. The fourth-order valence-corrected chi connectivity index (χ4v) is 7.34. The minimum atomic E-state index is -0.548. The van der Waals surface area contributed by atoms with Crippen molar-refractivity contribution in [2.24, 2.45) is 28.6 Å². The molecule has 2 bridgehead atoms. The van der Waals surface area contributed by atoms with Crippen LogP contribution in [0.1, 0.15) is 57.4 Å². The Hall–Kier alpha value is -1.45. The van der Waals surface area contributed by atoms with Crippen LogP contribution in [-0.2, 0) is 16.0 Å². The van der Waals surface area contributed by atoms with E-state index in [-0.39, 0.29) is 30.0 Å². The molecule has 3 aliphatic carbocycles. The van der Waals surface area contributed by atoms with Crippen LogP contribution in [0.5, 0.6) is 0 Å². The standard InChI is InChI=1S/C26H36O3/c1-18-23-20(17-27)16-26(24(23)29-3,25(18,2)21-12-8-5-9-13-21)22(28)15-14-19-10-6-4-7-11-19/h4,6-7,10-11,20-21,23-24,27H,1,5,8-9,12-17H2,2-3H3/t20-,23+,24-,25+,26+/m1/s1. The van der Waals surface area contributed by atoms with Gasteiger partial charge in [0.05, 0.1) is 11.5 Å². The van der Waals surface area contributed by atoms with E-state index >= 15 is 0 Å². The molecule has 4 rings (SSSR count). The molecule has 1 aromatic carbocycles. The highest BCUT2D eigenvalue weighted by molar-refractivity contribution is 5.89. The predicted octanol–water partition coefficient (Wildman–Crippen LogP) is 4.97. The predicted molar refractivity (Wildman–Crippen MR) is 116 cm³/mol. The molecular weight excluding hydrogens is 360 g/mol. The lowest BCUT2D eigenvalue weighted by Crippen LogP contribution is -2.53. The second-order valence-corrected chi connectivity index (χ2v) is 9.77. The summed E-state index contributed by atoms with van der Waals surface area (Å²) in [6.45, 7) is 6.98. The van der Waals surface area contributed by atoms with E-state index in [1.807, 2.05) is 18.2 Å². The summed E-state index contributed by atoms with van der Waals surface area (Å²) in [6, 6.07) is 10.3. The zero-order chi connectivity index (χ0) is 20.6. The molecule has 0 amide bonds. The molecular formula is C26H36O3. The van der Waals surface area contributed by atoms with Gasteiger partial charge in [-0.3, -0.25) is 4.79 Å². The number of carbonyl (C=O) groups excluding carboxylic acids is 1. The van der Waals surface area contributed by atoms with Crippen molar-refractivity contribution in [2.45, 2.75) is 64.4 Å². The third kappa shape index (κ3) is 2.96. The van der Waals surface area contributed by atoms with Crippen LogP contribution in [0.2, 0.25) is 0 Å². The summed E-state index contributed by atoms with van der Waals surface area (Å²) in [4.78, 5) is 14.0. The number of hydrogen-bond acceptors (Lipinski definition) is 3. The second kappa shape index (κ2) is 8.00. The Morgan fingerprint density at radius 3 is 2.52 bits per heavy atom. The number of hydrogen-bond donors (Lipinski definition) is 1. The smallest absolute Gasteiger partial charge is 0.142 e. The summed E-state index contributed by atoms with van der Waals surface area (Å²) in [5.74, 6) is 0.995. The van der Waals surface area contributed by atoms with E-state index in [1.165, 1.54) is 43.2 Å². The molecule has 3 nitrogen and oxygen atoms in total. The summed E-state index contributed by atoms with van der Waals surface area (Å²) in [5.41, 5.74) is 1.61. The number of benzene rings is 1. The Morgan fingerprint density at radius 1 is 1.21 bits per heavy atom. The first-order chi connectivity index (χ1) is 14.0.